The Balaban J connectivity index is 1.76. The van der Waals surface area contributed by atoms with Crippen molar-refractivity contribution in [3.05, 3.63) is 57.6 Å². The summed E-state index contributed by atoms with van der Waals surface area (Å²) >= 11 is 1.44. The lowest BCUT2D eigenvalue weighted by atomic mass is 10.3. The molecule has 3 aromatic rings. The number of hydrogen-bond donors (Lipinski definition) is 0. The van der Waals surface area contributed by atoms with Crippen LogP contribution in [0.25, 0.3) is 4.96 Å². The summed E-state index contributed by atoms with van der Waals surface area (Å²) in [5.74, 6) is -3.51. The van der Waals surface area contributed by atoms with Crippen LogP contribution in [0.3, 0.4) is 0 Å². The van der Waals surface area contributed by atoms with Gasteiger partial charge in [0.1, 0.15) is 11.6 Å². The number of halogens is 2. The molecule has 0 spiro atoms. The minimum atomic E-state index is -2.70. The summed E-state index contributed by atoms with van der Waals surface area (Å²) in [4.78, 5) is 32.4. The average Bonchev–Trinajstić information content (AvgIpc) is 3.01. The Morgan fingerprint density at radius 2 is 2.29 bits per heavy atom. The van der Waals surface area contributed by atoms with Gasteiger partial charge in [0, 0.05) is 23.8 Å². The van der Waals surface area contributed by atoms with Gasteiger partial charge in [-0.3, -0.25) is 9.20 Å². The van der Waals surface area contributed by atoms with Crippen LogP contribution in [0.4, 0.5) is 8.78 Å². The molecule has 3 rings (SSSR count). The van der Waals surface area contributed by atoms with Crippen molar-refractivity contribution in [1.29, 1.82) is 0 Å². The summed E-state index contributed by atoms with van der Waals surface area (Å²) in [6.07, 6.45) is 2.91. The highest BCUT2D eigenvalue weighted by Crippen LogP contribution is 2.26. The molecule has 0 saturated heterocycles. The summed E-state index contributed by atoms with van der Waals surface area (Å²) < 4.78 is 31.4. The highest BCUT2D eigenvalue weighted by molar-refractivity contribution is 7.99. The topological polar surface area (TPSA) is 73.6 Å². The van der Waals surface area contributed by atoms with Gasteiger partial charge >= 0.3 is 5.97 Å². The van der Waals surface area contributed by atoms with E-state index in [1.54, 1.807) is 11.6 Å². The standard InChI is InChI=1S/C14H9F2N3O3S2/c15-13(16)24-11-9(2-1-3-17-11)12(21)22-7-8-6-10(20)19-4-5-23-14(19)18-8/h1-6,13H,7H2. The Morgan fingerprint density at radius 1 is 1.46 bits per heavy atom. The van der Waals surface area contributed by atoms with Crippen LogP contribution in [-0.2, 0) is 11.3 Å². The molecule has 6 nitrogen and oxygen atoms in total. The second-order valence-electron chi connectivity index (χ2n) is 4.45. The summed E-state index contributed by atoms with van der Waals surface area (Å²) in [5.41, 5.74) is -0.0675. The predicted molar refractivity (Wildman–Crippen MR) is 84.6 cm³/mol. The number of carbonyl (C=O) groups excluding carboxylic acids is 1. The van der Waals surface area contributed by atoms with Gasteiger partial charge in [-0.05, 0) is 23.9 Å². The number of esters is 1. The second-order valence-corrected chi connectivity index (χ2v) is 6.30. The first-order valence-electron chi connectivity index (χ1n) is 6.57. The largest absolute Gasteiger partial charge is 0.456 e. The number of alkyl halides is 2. The Hall–Kier alpha value is -2.33. The average molecular weight is 369 g/mol. The smallest absolute Gasteiger partial charge is 0.341 e. The fourth-order valence-electron chi connectivity index (χ4n) is 1.90. The number of nitrogens with zero attached hydrogens (tertiary/aromatic N) is 3. The number of carbonyl (C=O) groups is 1. The minimum Gasteiger partial charge on any atom is -0.456 e. The summed E-state index contributed by atoms with van der Waals surface area (Å²) in [5, 5.41) is 1.60. The van der Waals surface area contributed by atoms with E-state index >= 15 is 0 Å². The van der Waals surface area contributed by atoms with E-state index in [2.05, 4.69) is 9.97 Å². The van der Waals surface area contributed by atoms with E-state index in [0.29, 0.717) is 4.96 Å². The van der Waals surface area contributed by atoms with Gasteiger partial charge in [0.05, 0.1) is 11.3 Å². The maximum atomic E-state index is 12.5. The quantitative estimate of drug-likeness (QED) is 0.509. The number of aromatic nitrogens is 3. The normalized spacial score (nSPS) is 11.1. The highest BCUT2D eigenvalue weighted by atomic mass is 32.2. The molecule has 0 aliphatic carbocycles. The van der Waals surface area contributed by atoms with Crippen LogP contribution >= 0.6 is 23.1 Å². The molecule has 0 unspecified atom stereocenters. The molecule has 0 aliphatic rings. The zero-order chi connectivity index (χ0) is 17.1. The lowest BCUT2D eigenvalue weighted by Gasteiger charge is -2.08. The van der Waals surface area contributed by atoms with Crippen LogP contribution < -0.4 is 5.56 Å². The lowest BCUT2D eigenvalue weighted by Crippen LogP contribution is -2.15. The molecule has 0 aliphatic heterocycles. The molecule has 0 aromatic carbocycles. The maximum absolute atomic E-state index is 12.5. The number of hydrogen-bond acceptors (Lipinski definition) is 7. The molecule has 0 amide bonds. The van der Waals surface area contributed by atoms with Gasteiger partial charge in [-0.15, -0.1) is 11.3 Å². The van der Waals surface area contributed by atoms with Crippen molar-refractivity contribution >= 4 is 34.0 Å². The Bertz CT molecular complexity index is 942. The molecule has 3 heterocycles. The van der Waals surface area contributed by atoms with Crippen LogP contribution in [-0.4, -0.2) is 26.1 Å². The Kier molecular flexibility index (Phi) is 4.86. The van der Waals surface area contributed by atoms with Crippen molar-refractivity contribution in [2.45, 2.75) is 17.4 Å². The molecule has 24 heavy (non-hydrogen) atoms. The van der Waals surface area contributed by atoms with Crippen molar-refractivity contribution in [2.24, 2.45) is 0 Å². The maximum Gasteiger partial charge on any atom is 0.341 e. The summed E-state index contributed by atoms with van der Waals surface area (Å²) in [6.45, 7) is -0.240. The van der Waals surface area contributed by atoms with Crippen LogP contribution in [0.1, 0.15) is 16.1 Å². The van der Waals surface area contributed by atoms with E-state index in [4.69, 9.17) is 4.74 Å². The van der Waals surface area contributed by atoms with Crippen LogP contribution in [0.5, 0.6) is 0 Å². The van der Waals surface area contributed by atoms with Crippen molar-refractivity contribution in [2.75, 3.05) is 0 Å². The molecule has 0 N–H and O–H groups in total. The van der Waals surface area contributed by atoms with Crippen molar-refractivity contribution in [1.82, 2.24) is 14.4 Å². The highest BCUT2D eigenvalue weighted by Gasteiger charge is 2.18. The molecule has 0 bridgehead atoms. The third-order valence-electron chi connectivity index (χ3n) is 2.90. The first-order chi connectivity index (χ1) is 11.5. The van der Waals surface area contributed by atoms with E-state index in [1.807, 2.05) is 0 Å². The Labute approximate surface area is 142 Å². The predicted octanol–water partition coefficient (Wildman–Crippen LogP) is 2.82. The van der Waals surface area contributed by atoms with E-state index in [-0.39, 0.29) is 40.2 Å². The minimum absolute atomic E-state index is 0.0586. The fourth-order valence-corrected chi connectivity index (χ4v) is 3.21. The SMILES string of the molecule is O=C(OCc1cc(=O)n2ccsc2n1)c1cccnc1SC(F)F. The van der Waals surface area contributed by atoms with E-state index in [1.165, 1.54) is 40.1 Å². The van der Waals surface area contributed by atoms with Gasteiger partial charge in [-0.2, -0.15) is 8.78 Å². The van der Waals surface area contributed by atoms with Crippen molar-refractivity contribution < 1.29 is 18.3 Å². The van der Waals surface area contributed by atoms with E-state index in [0.717, 1.165) is 0 Å². The van der Waals surface area contributed by atoms with Crippen LogP contribution in [0.2, 0.25) is 0 Å². The number of ether oxygens (including phenoxy) is 1. The van der Waals surface area contributed by atoms with Gasteiger partial charge < -0.3 is 4.74 Å². The number of fused-ring (bicyclic) bond motifs is 1. The van der Waals surface area contributed by atoms with Crippen molar-refractivity contribution in [3.63, 3.8) is 0 Å². The second kappa shape index (κ2) is 7.05. The number of thiazole rings is 1. The van der Waals surface area contributed by atoms with Gasteiger partial charge in [0.2, 0.25) is 0 Å². The molecule has 0 fully saturated rings. The monoisotopic (exact) mass is 369 g/mol. The molecule has 0 atom stereocenters. The van der Waals surface area contributed by atoms with E-state index in [9.17, 15) is 18.4 Å². The number of pyridine rings is 1. The zero-order valence-corrected chi connectivity index (χ0v) is 13.5. The fraction of sp³-hybridized carbons (Fsp3) is 0.143. The third-order valence-corrected chi connectivity index (χ3v) is 4.38. The Morgan fingerprint density at radius 3 is 3.08 bits per heavy atom. The molecule has 10 heteroatoms. The van der Waals surface area contributed by atoms with Gasteiger partial charge in [0.15, 0.2) is 4.96 Å². The number of thioether (sulfide) groups is 1. The first-order valence-corrected chi connectivity index (χ1v) is 8.33. The van der Waals surface area contributed by atoms with Gasteiger partial charge in [-0.1, -0.05) is 0 Å². The first kappa shape index (κ1) is 16.5. The third kappa shape index (κ3) is 3.60. The van der Waals surface area contributed by atoms with Crippen LogP contribution in [0, 0.1) is 0 Å². The molecular formula is C14H9F2N3O3S2. The van der Waals surface area contributed by atoms with E-state index < -0.39 is 11.7 Å². The summed E-state index contributed by atoms with van der Waals surface area (Å²) in [7, 11) is 0. The number of rotatable bonds is 5. The van der Waals surface area contributed by atoms with Gasteiger partial charge in [-0.25, -0.2) is 14.8 Å². The molecule has 3 aromatic heterocycles. The van der Waals surface area contributed by atoms with Crippen molar-refractivity contribution in [3.8, 4) is 0 Å². The van der Waals surface area contributed by atoms with Gasteiger partial charge in [0.25, 0.3) is 11.3 Å². The molecule has 0 saturated carbocycles. The molecule has 0 radical (unpaired) electrons. The molecular weight excluding hydrogens is 360 g/mol. The van der Waals surface area contributed by atoms with Crippen LogP contribution in [0.15, 0.2) is 45.8 Å². The zero-order valence-electron chi connectivity index (χ0n) is 11.9. The lowest BCUT2D eigenvalue weighted by molar-refractivity contribution is 0.0462. The summed E-state index contributed by atoms with van der Waals surface area (Å²) in [6, 6.07) is 4.06. The molecule has 124 valence electrons.